The van der Waals surface area contributed by atoms with Gasteiger partial charge in [-0.25, -0.2) is 0 Å². The molecule has 0 bridgehead atoms. The van der Waals surface area contributed by atoms with Gasteiger partial charge in [-0.05, 0) is 67.8 Å². The zero-order valence-electron chi connectivity index (χ0n) is 17.7. The highest BCUT2D eigenvalue weighted by atomic mass is 19.4. The summed E-state index contributed by atoms with van der Waals surface area (Å²) in [7, 11) is 0. The summed E-state index contributed by atoms with van der Waals surface area (Å²) in [5.41, 5.74) is 0.741. The van der Waals surface area contributed by atoms with Gasteiger partial charge < -0.3 is 0 Å². The molecule has 7 heteroatoms. The number of piperidine rings is 1. The molecule has 0 atom stereocenters. The molecule has 30 heavy (non-hydrogen) atoms. The molecule has 1 aliphatic carbocycles. The highest BCUT2D eigenvalue weighted by Crippen LogP contribution is 2.37. The van der Waals surface area contributed by atoms with Gasteiger partial charge in [-0.15, -0.1) is 10.2 Å². The lowest BCUT2D eigenvalue weighted by Crippen LogP contribution is -2.33. The topological polar surface area (TPSA) is 33.4 Å². The van der Waals surface area contributed by atoms with Gasteiger partial charge in [-0.1, -0.05) is 30.3 Å². The van der Waals surface area contributed by atoms with E-state index in [1.54, 1.807) is 24.4 Å². The van der Waals surface area contributed by atoms with Crippen LogP contribution in [0, 0.1) is 5.92 Å². The number of hydrogen-bond acceptors (Lipinski definition) is 3. The van der Waals surface area contributed by atoms with E-state index in [0.717, 1.165) is 38.8 Å². The van der Waals surface area contributed by atoms with Crippen molar-refractivity contribution in [1.82, 2.24) is 19.5 Å². The molecule has 0 unspecified atom stereocenters. The molecule has 1 aliphatic heterocycles. The fraction of sp³-hybridized carbons (Fsp3) is 0.478. The van der Waals surface area contributed by atoms with Crippen molar-refractivity contribution in [3.63, 3.8) is 0 Å². The molecule has 3 aromatic rings. The van der Waals surface area contributed by atoms with Crippen LogP contribution in [0.3, 0.4) is 0 Å². The molecule has 3 heterocycles. The van der Waals surface area contributed by atoms with Gasteiger partial charge in [0.1, 0.15) is 11.4 Å². The van der Waals surface area contributed by atoms with E-state index >= 15 is 0 Å². The Hall–Kier alpha value is -2.41. The molecule has 1 saturated heterocycles. The fourth-order valence-electron chi connectivity index (χ4n) is 4.54. The molecule has 0 N–H and O–H groups in total. The minimum absolute atomic E-state index is 0.0778. The number of aromatic nitrogens is 3. The van der Waals surface area contributed by atoms with Crippen LogP contribution < -0.4 is 0 Å². The molecule has 0 amide bonds. The lowest BCUT2D eigenvalue weighted by Gasteiger charge is -2.32. The Morgan fingerprint density at radius 2 is 1.77 bits per heavy atom. The van der Waals surface area contributed by atoms with E-state index < -0.39 is 11.7 Å². The Kier molecular flexibility index (Phi) is 4.71. The summed E-state index contributed by atoms with van der Waals surface area (Å²) in [5, 5.41) is 8.01. The van der Waals surface area contributed by atoms with Crippen LogP contribution in [0.25, 0.3) is 5.65 Å². The number of nitrogens with zero attached hydrogens (tertiary/aromatic N) is 4. The van der Waals surface area contributed by atoms with Crippen LogP contribution in [0.5, 0.6) is 0 Å². The predicted molar refractivity (Wildman–Crippen MR) is 108 cm³/mol. The second-order valence-electron chi connectivity index (χ2n) is 8.55. The number of alkyl halides is 3. The van der Waals surface area contributed by atoms with Crippen molar-refractivity contribution in [3.05, 3.63) is 65.1 Å². The molecule has 4 nitrogen and oxygen atoms in total. The monoisotopic (exact) mass is 416 g/mol. The summed E-state index contributed by atoms with van der Waals surface area (Å²) in [6, 6.07) is 9.65. The zero-order chi connectivity index (χ0) is 21.6. The molecule has 0 radical (unpaired) electrons. The third-order valence-corrected chi connectivity index (χ3v) is 6.38. The predicted octanol–water partition coefficient (Wildman–Crippen LogP) is 5.08. The highest BCUT2D eigenvalue weighted by molar-refractivity contribution is 5.53. The second-order valence-corrected chi connectivity index (χ2v) is 8.55. The molecule has 2 aromatic heterocycles. The number of halogens is 3. The number of pyridine rings is 1. The van der Waals surface area contributed by atoms with Gasteiger partial charge in [0.15, 0.2) is 5.65 Å². The van der Waals surface area contributed by atoms with Gasteiger partial charge in [0, 0.05) is 19.2 Å². The maximum absolute atomic E-state index is 14.0. The Morgan fingerprint density at radius 1 is 1.03 bits per heavy atom. The van der Waals surface area contributed by atoms with Crippen LogP contribution in [0.4, 0.5) is 13.2 Å². The molecule has 1 aromatic carbocycles. The summed E-state index contributed by atoms with van der Waals surface area (Å²) >= 11 is 0. The van der Waals surface area contributed by atoms with E-state index in [-0.39, 0.29) is 17.8 Å². The van der Waals surface area contributed by atoms with Gasteiger partial charge in [0.05, 0.1) is 1.37 Å². The van der Waals surface area contributed by atoms with E-state index in [4.69, 9.17) is 1.37 Å². The van der Waals surface area contributed by atoms with Crippen LogP contribution in [-0.2, 0) is 19.1 Å². The third kappa shape index (κ3) is 3.95. The van der Waals surface area contributed by atoms with E-state index in [1.807, 2.05) is 12.1 Å². The number of likely N-dealkylation sites (tertiary alicyclic amines) is 1. The van der Waals surface area contributed by atoms with Gasteiger partial charge in [0.2, 0.25) is 0 Å². The van der Waals surface area contributed by atoms with Gasteiger partial charge in [-0.2, -0.15) is 13.2 Å². The van der Waals surface area contributed by atoms with Crippen LogP contribution >= 0.6 is 0 Å². The largest absolute Gasteiger partial charge is 0.420 e. The first-order valence-corrected chi connectivity index (χ1v) is 10.6. The van der Waals surface area contributed by atoms with E-state index in [1.165, 1.54) is 9.96 Å². The van der Waals surface area contributed by atoms with E-state index in [9.17, 15) is 13.2 Å². The second kappa shape index (κ2) is 7.69. The molecular weight excluding hydrogens is 389 g/mol. The zero-order valence-corrected chi connectivity index (χ0v) is 16.7. The van der Waals surface area contributed by atoms with Crippen molar-refractivity contribution < 1.29 is 14.5 Å². The van der Waals surface area contributed by atoms with Gasteiger partial charge >= 0.3 is 6.18 Å². The molecule has 2 fully saturated rings. The quantitative estimate of drug-likeness (QED) is 0.582. The van der Waals surface area contributed by atoms with Crippen LogP contribution in [0.15, 0.2) is 42.6 Å². The summed E-state index contributed by atoms with van der Waals surface area (Å²) in [6.07, 6.45) is 1.94. The van der Waals surface area contributed by atoms with Gasteiger partial charge in [-0.3, -0.25) is 9.30 Å². The Balaban J connectivity index is 1.34. The molecule has 1 saturated carbocycles. The lowest BCUT2D eigenvalue weighted by molar-refractivity contribution is -0.137. The molecule has 5 rings (SSSR count). The molecular formula is C23H25F3N4. The van der Waals surface area contributed by atoms with Crippen molar-refractivity contribution in [3.8, 4) is 0 Å². The van der Waals surface area contributed by atoms with Crippen molar-refractivity contribution in [2.75, 3.05) is 13.1 Å². The highest BCUT2D eigenvalue weighted by Gasteiger charge is 2.38. The fourth-order valence-corrected chi connectivity index (χ4v) is 4.54. The van der Waals surface area contributed by atoms with Crippen molar-refractivity contribution in [2.24, 2.45) is 5.92 Å². The lowest BCUT2D eigenvalue weighted by atomic mass is 9.89. The maximum atomic E-state index is 14.0. The standard InChI is InChI=1S/C23H25F3N4/c24-23(25,26)21-19(10-13-30-20(14-16-6-7-16)27-28-22(21)30)15-29-11-8-18(9-12-29)17-4-2-1-3-5-17/h1-5,10,13,16,18H,6-9,11-12,14-15H2/i1T. The van der Waals surface area contributed by atoms with Crippen LogP contribution in [0.2, 0.25) is 0 Å². The average molecular weight is 416 g/mol. The first kappa shape index (κ1) is 18.4. The van der Waals surface area contributed by atoms with Crippen molar-refractivity contribution in [2.45, 2.75) is 50.7 Å². The number of fused-ring (bicyclic) bond motifs is 1. The first-order valence-electron chi connectivity index (χ1n) is 11.1. The summed E-state index contributed by atoms with van der Waals surface area (Å²) < 4.78 is 51.2. The minimum atomic E-state index is -4.47. The number of benzene rings is 1. The van der Waals surface area contributed by atoms with E-state index in [0.29, 0.717) is 30.1 Å². The maximum Gasteiger partial charge on any atom is 0.420 e. The molecule has 2 aliphatic rings. The summed E-state index contributed by atoms with van der Waals surface area (Å²) in [4.78, 5) is 2.10. The smallest absolute Gasteiger partial charge is 0.299 e. The third-order valence-electron chi connectivity index (χ3n) is 6.38. The van der Waals surface area contributed by atoms with E-state index in [2.05, 4.69) is 15.1 Å². The summed E-state index contributed by atoms with van der Waals surface area (Å²) in [5.74, 6) is 1.54. The molecule has 0 spiro atoms. The average Bonchev–Trinajstić information content (AvgIpc) is 3.47. The Morgan fingerprint density at radius 3 is 2.43 bits per heavy atom. The molecule has 158 valence electrons. The summed E-state index contributed by atoms with van der Waals surface area (Å²) in [6.45, 7) is 1.75. The van der Waals surface area contributed by atoms with Crippen LogP contribution in [0.1, 0.15) is 55.5 Å². The van der Waals surface area contributed by atoms with Crippen molar-refractivity contribution >= 4 is 5.65 Å². The van der Waals surface area contributed by atoms with Crippen LogP contribution in [-0.4, -0.2) is 32.6 Å². The number of rotatable bonds is 5. The number of hydrogen-bond donors (Lipinski definition) is 0. The Bertz CT molecular complexity index is 1060. The van der Waals surface area contributed by atoms with Crippen molar-refractivity contribution in [1.29, 1.82) is 0 Å². The first-order chi connectivity index (χ1) is 14.9. The van der Waals surface area contributed by atoms with Gasteiger partial charge in [0.25, 0.3) is 0 Å². The SMILES string of the molecule is [3H]c1ccc(C2CCN(Cc3ccn4c(CC5CC5)nnc4c3C(F)(F)F)CC2)cc1. The Labute approximate surface area is 175 Å². The minimum Gasteiger partial charge on any atom is -0.299 e. The normalized spacial score (nSPS) is 19.4.